The molecule has 422 valence electrons. The van der Waals surface area contributed by atoms with Gasteiger partial charge in [-0.05, 0) is 51.9 Å². The second-order valence-corrected chi connectivity index (χ2v) is 17.2. The van der Waals surface area contributed by atoms with Gasteiger partial charge in [-0.25, -0.2) is 10.6 Å². The lowest BCUT2D eigenvalue weighted by atomic mass is 10.1. The molecule has 0 rings (SSSR count). The molecule has 75 heavy (non-hydrogen) atoms. The van der Waals surface area contributed by atoms with E-state index in [1.54, 1.807) is 31.9 Å². The van der Waals surface area contributed by atoms with E-state index in [0.717, 1.165) is 0 Å². The number of hydrogen-bond donors (Lipinski definition) is 16. The van der Waals surface area contributed by atoms with Crippen LogP contribution in [0.1, 0.15) is 148 Å². The van der Waals surface area contributed by atoms with Gasteiger partial charge in [-0.2, -0.15) is 0 Å². The molecule has 0 aliphatic carbocycles. The number of aldehydes is 1. The first-order valence-corrected chi connectivity index (χ1v) is 23.4. The Kier molecular flexibility index (Phi) is 31.8. The number of aliphatic hydroxyl groups is 8. The van der Waals surface area contributed by atoms with E-state index in [2.05, 4.69) is 10.6 Å². The molecule has 0 heterocycles. The van der Waals surface area contributed by atoms with E-state index in [9.17, 15) is 113 Å². The molecule has 0 fully saturated rings. The van der Waals surface area contributed by atoms with E-state index in [4.69, 9.17) is 0 Å². The van der Waals surface area contributed by atoms with Crippen LogP contribution < -0.4 is 42.5 Å². The predicted molar refractivity (Wildman–Crippen MR) is 247 cm³/mol. The molecule has 31 heteroatoms. The van der Waals surface area contributed by atoms with Crippen molar-refractivity contribution in [1.29, 1.82) is 0 Å². The Morgan fingerprint density at radius 2 is 0.547 bits per heavy atom. The third-order valence-electron chi connectivity index (χ3n) is 9.58. The van der Waals surface area contributed by atoms with Crippen LogP contribution in [-0.4, -0.2) is 166 Å². The average Bonchev–Trinajstić information content (AvgIpc) is 3.21. The molecule has 0 saturated heterocycles. The van der Waals surface area contributed by atoms with Gasteiger partial charge in [0.1, 0.15) is 52.6 Å². The minimum Gasteiger partial charge on any atom is -0.336 e. The van der Waals surface area contributed by atoms with Gasteiger partial charge in [0.25, 0.3) is 0 Å². The maximum absolute atomic E-state index is 12.2. The van der Waals surface area contributed by atoms with E-state index < -0.39 is 146 Å². The normalized spacial score (nSPS) is 11.6. The lowest BCUT2D eigenvalue weighted by Gasteiger charge is -2.24. The summed E-state index contributed by atoms with van der Waals surface area (Å²) in [5.74, 6) is -12.1. The minimum atomic E-state index is -3.40. The highest BCUT2D eigenvalue weighted by Crippen LogP contribution is 2.08. The lowest BCUT2D eigenvalue weighted by molar-refractivity contribution is -0.212. The summed E-state index contributed by atoms with van der Waals surface area (Å²) in [4.78, 5) is 178. The van der Waals surface area contributed by atoms with Crippen LogP contribution in [0.15, 0.2) is 0 Å². The summed E-state index contributed by atoms with van der Waals surface area (Å²) in [7, 11) is 0. The SMILES string of the molecule is CC(=O)CC(=O)CCCC(=O)CC(=O)NC(O)(O)NC(=O)CC(=O)CCCCNC(O)(O)NC(=O)CC(=O)CCCC(=O)CC(=O)NC(O)(O)NC(=O)CC(=O)CCCCNC(O)(O)NC(=O)CC(=O)CCCC=O. The van der Waals surface area contributed by atoms with Gasteiger partial charge in [-0.3, -0.25) is 99.0 Å². The van der Waals surface area contributed by atoms with Gasteiger partial charge in [0, 0.05) is 64.5 Å². The summed E-state index contributed by atoms with van der Waals surface area (Å²) in [6, 6.07) is -12.7. The predicted octanol–water partition coefficient (Wildman–Crippen LogP) is -6.40. The van der Waals surface area contributed by atoms with Gasteiger partial charge in [-0.1, -0.05) is 0 Å². The smallest absolute Gasteiger partial charge is 0.336 e. The Morgan fingerprint density at radius 1 is 0.320 bits per heavy atom. The van der Waals surface area contributed by atoms with Crippen LogP contribution in [0.5, 0.6) is 0 Å². The van der Waals surface area contributed by atoms with Crippen molar-refractivity contribution in [3.8, 4) is 0 Å². The van der Waals surface area contributed by atoms with Gasteiger partial charge < -0.3 is 45.6 Å². The molecule has 0 atom stereocenters. The molecular weight excluding hydrogens is 1010 g/mol. The third-order valence-corrected chi connectivity index (χ3v) is 9.58. The van der Waals surface area contributed by atoms with Crippen LogP contribution in [0.2, 0.25) is 0 Å². The monoisotopic (exact) mass is 1080 g/mol. The molecule has 0 unspecified atom stereocenters. The molecule has 0 aliphatic heterocycles. The molecule has 0 aromatic rings. The number of hydrogen-bond acceptors (Lipinski definition) is 25. The maximum atomic E-state index is 12.2. The second-order valence-electron chi connectivity index (χ2n) is 17.2. The minimum absolute atomic E-state index is 0.0432. The van der Waals surface area contributed by atoms with Crippen molar-refractivity contribution in [3.63, 3.8) is 0 Å². The molecule has 0 bridgehead atoms. The van der Waals surface area contributed by atoms with E-state index in [0.29, 0.717) is 6.29 Å². The average molecular weight is 1080 g/mol. The number of unbranched alkanes of at least 4 members (excludes halogenated alkanes) is 3. The fraction of sp³-hybridized carbons (Fsp3) is 0.659. The molecule has 0 aliphatic rings. The van der Waals surface area contributed by atoms with E-state index in [1.165, 1.54) is 6.92 Å². The van der Waals surface area contributed by atoms with Crippen LogP contribution >= 0.6 is 0 Å². The lowest BCUT2D eigenvalue weighted by Crippen LogP contribution is -2.61. The zero-order chi connectivity index (χ0) is 57.4. The molecule has 0 aromatic carbocycles. The highest BCUT2D eigenvalue weighted by atomic mass is 16.6. The van der Waals surface area contributed by atoms with Crippen molar-refractivity contribution in [1.82, 2.24) is 42.5 Å². The number of carbonyl (C=O) groups is 15. The zero-order valence-corrected chi connectivity index (χ0v) is 41.2. The summed E-state index contributed by atoms with van der Waals surface area (Å²) in [5.41, 5.74) is 0. The van der Waals surface area contributed by atoms with Gasteiger partial charge >= 0.3 is 24.1 Å². The number of carbonyl (C=O) groups excluding carboxylic acids is 15. The first-order valence-electron chi connectivity index (χ1n) is 23.4. The fourth-order valence-corrected chi connectivity index (χ4v) is 6.32. The first-order chi connectivity index (χ1) is 34.7. The van der Waals surface area contributed by atoms with Gasteiger partial charge in [0.05, 0.1) is 44.9 Å². The molecule has 31 nitrogen and oxygen atoms in total. The zero-order valence-electron chi connectivity index (χ0n) is 41.2. The van der Waals surface area contributed by atoms with Crippen LogP contribution in [0.4, 0.5) is 0 Å². The molecule has 0 radical (unpaired) electrons. The van der Waals surface area contributed by atoms with E-state index in [-0.39, 0.29) is 115 Å². The standard InChI is InChI=1S/C44H68N8O23/c1-27(54)20-28(55)13-8-14-33(60)25-39(66)51-43(72,73)49-37(64)22-30(57)11-3-6-18-46-42(70,71)48-36(63)24-32(59)15-9-16-34(61)26-40(67)52-44(74,75)50-38(65)23-29(56)10-2-5-17-45-41(68,69)47-35(62)21-31(58)12-4-7-19-53/h19,45-46,68-75H,2-18,20-26H2,1H3,(H,47,62)(H,48,63)(H,49,64)(H,50,65)(H,51,66)(H,52,67). The van der Waals surface area contributed by atoms with E-state index >= 15 is 0 Å². The molecule has 0 spiro atoms. The number of rotatable bonds is 44. The maximum Gasteiger partial charge on any atom is 0.337 e. The molecular formula is C44H68N8O23. The van der Waals surface area contributed by atoms with Crippen molar-refractivity contribution in [2.24, 2.45) is 0 Å². The summed E-state index contributed by atoms with van der Waals surface area (Å²) in [6.07, 6.45) is -5.93. The highest BCUT2D eigenvalue weighted by molar-refractivity contribution is 6.02. The van der Waals surface area contributed by atoms with E-state index in [1.807, 2.05) is 0 Å². The molecule has 16 N–H and O–H groups in total. The molecule has 0 saturated carbocycles. The van der Waals surface area contributed by atoms with Crippen LogP contribution in [0, 0.1) is 0 Å². The first kappa shape index (κ1) is 68.5. The summed E-state index contributed by atoms with van der Waals surface area (Å²) < 4.78 is 0. The molecule has 6 amide bonds. The van der Waals surface area contributed by atoms with Crippen molar-refractivity contribution in [2.75, 3.05) is 13.1 Å². The van der Waals surface area contributed by atoms with Gasteiger partial charge in [0.2, 0.25) is 35.4 Å². The quantitative estimate of drug-likeness (QED) is 0.0117. The van der Waals surface area contributed by atoms with Gasteiger partial charge in [0.15, 0.2) is 0 Å². The van der Waals surface area contributed by atoms with Crippen molar-refractivity contribution >= 4 is 88.0 Å². The number of nitrogens with one attached hydrogen (secondary N) is 8. The fourth-order valence-electron chi connectivity index (χ4n) is 6.32. The van der Waals surface area contributed by atoms with Crippen molar-refractivity contribution in [2.45, 2.75) is 172 Å². The van der Waals surface area contributed by atoms with Crippen LogP contribution in [-0.2, 0) is 71.9 Å². The summed E-state index contributed by atoms with van der Waals surface area (Å²) in [6.45, 7) is 0.826. The highest BCUT2D eigenvalue weighted by Gasteiger charge is 2.32. The number of Topliss-reactive ketones (excluding diaryl/α,β-unsaturated/α-hetero) is 8. The topological polar surface area (TPSA) is 514 Å². The molecule has 0 aromatic heterocycles. The largest absolute Gasteiger partial charge is 0.337 e. The number of amides is 6. The van der Waals surface area contributed by atoms with Crippen LogP contribution in [0.3, 0.4) is 0 Å². The summed E-state index contributed by atoms with van der Waals surface area (Å²) in [5, 5.41) is 93.5. The van der Waals surface area contributed by atoms with Gasteiger partial charge in [-0.15, -0.1) is 0 Å². The third kappa shape index (κ3) is 38.7. The van der Waals surface area contributed by atoms with Crippen molar-refractivity contribution < 1.29 is 113 Å². The Hall–Kier alpha value is -6.55. The Bertz CT molecular complexity index is 2070. The van der Waals surface area contributed by atoms with Crippen LogP contribution in [0.25, 0.3) is 0 Å². The van der Waals surface area contributed by atoms with Crippen molar-refractivity contribution in [3.05, 3.63) is 0 Å². The number of ketones is 8. The summed E-state index contributed by atoms with van der Waals surface area (Å²) >= 11 is 0. The Balaban J connectivity index is 4.38. The second kappa shape index (κ2) is 34.8. The Labute approximate surface area is 428 Å². The Morgan fingerprint density at radius 3 is 0.800 bits per heavy atom.